The number of carbonyl (C=O) groups excluding carboxylic acids is 1. The van der Waals surface area contributed by atoms with Gasteiger partial charge in [0.2, 0.25) is 0 Å². The highest BCUT2D eigenvalue weighted by Crippen LogP contribution is 2.28. The second-order valence-electron chi connectivity index (χ2n) is 4.34. The van der Waals surface area contributed by atoms with Gasteiger partial charge in [-0.2, -0.15) is 0 Å². The number of fused-ring (bicyclic) bond motifs is 1. The summed E-state index contributed by atoms with van der Waals surface area (Å²) in [7, 11) is 1.37. The molecule has 2 atom stereocenters. The highest BCUT2D eigenvalue weighted by atomic mass is 16.5. The number of aliphatic carboxylic acids is 1. The Morgan fingerprint density at radius 1 is 1.55 bits per heavy atom. The number of methoxy groups -OCH3 is 1. The molecule has 108 valence electrons. The van der Waals surface area contributed by atoms with Crippen molar-refractivity contribution in [3.05, 3.63) is 24.3 Å². The first-order chi connectivity index (χ1) is 9.61. The molecule has 0 aliphatic carbocycles. The molecule has 20 heavy (non-hydrogen) atoms. The van der Waals surface area contributed by atoms with Gasteiger partial charge in [0.1, 0.15) is 5.75 Å². The van der Waals surface area contributed by atoms with E-state index in [0.29, 0.717) is 5.75 Å². The minimum atomic E-state index is -1.15. The fraction of sp³-hybridized carbons (Fsp3) is 0.385. The Hall–Kier alpha value is -2.28. The number of anilines is 1. The number of para-hydroxylation sites is 2. The highest BCUT2D eigenvalue weighted by Gasteiger charge is 2.29. The average Bonchev–Trinajstić information content (AvgIpc) is 2.46. The standard InChI is InChI=1S/C13H16N2O5/c1-19-7-9(13(17)18)15-12(16)11-6-14-8-4-2-3-5-10(8)20-11/h2-5,9,11,14H,6-7H2,1H3,(H,15,16)(H,17,18). The van der Waals surface area contributed by atoms with E-state index in [1.54, 1.807) is 12.1 Å². The first-order valence-electron chi connectivity index (χ1n) is 6.13. The van der Waals surface area contributed by atoms with Gasteiger partial charge in [0.15, 0.2) is 12.1 Å². The first kappa shape index (κ1) is 14.1. The summed E-state index contributed by atoms with van der Waals surface area (Å²) in [6.45, 7) is 0.181. The van der Waals surface area contributed by atoms with Crippen LogP contribution in [0.1, 0.15) is 0 Å². The maximum atomic E-state index is 12.0. The monoisotopic (exact) mass is 280 g/mol. The Kier molecular flexibility index (Phi) is 4.41. The summed E-state index contributed by atoms with van der Waals surface area (Å²) in [5, 5.41) is 14.4. The molecule has 1 amide bonds. The maximum Gasteiger partial charge on any atom is 0.328 e. The number of carbonyl (C=O) groups is 2. The molecule has 1 aromatic rings. The van der Waals surface area contributed by atoms with E-state index in [4.69, 9.17) is 14.6 Å². The number of rotatable bonds is 5. The zero-order chi connectivity index (χ0) is 14.5. The van der Waals surface area contributed by atoms with Gasteiger partial charge in [0.25, 0.3) is 5.91 Å². The largest absolute Gasteiger partial charge is 0.480 e. The fourth-order valence-corrected chi connectivity index (χ4v) is 1.87. The van der Waals surface area contributed by atoms with Crippen LogP contribution in [0.5, 0.6) is 5.75 Å². The number of hydrogen-bond acceptors (Lipinski definition) is 5. The molecule has 1 heterocycles. The fourth-order valence-electron chi connectivity index (χ4n) is 1.87. The molecule has 0 bridgehead atoms. The Morgan fingerprint density at radius 2 is 2.30 bits per heavy atom. The van der Waals surface area contributed by atoms with Crippen LogP contribution in [0.3, 0.4) is 0 Å². The van der Waals surface area contributed by atoms with Gasteiger partial charge < -0.3 is 25.2 Å². The lowest BCUT2D eigenvalue weighted by Gasteiger charge is -2.27. The van der Waals surface area contributed by atoms with Crippen molar-refractivity contribution in [2.75, 3.05) is 25.6 Å². The summed E-state index contributed by atoms with van der Waals surface area (Å²) in [6.07, 6.45) is -0.774. The van der Waals surface area contributed by atoms with E-state index in [2.05, 4.69) is 10.6 Å². The summed E-state index contributed by atoms with van der Waals surface area (Å²) < 4.78 is 10.3. The van der Waals surface area contributed by atoms with Gasteiger partial charge in [-0.1, -0.05) is 12.1 Å². The normalized spacial score (nSPS) is 18.1. The van der Waals surface area contributed by atoms with E-state index in [-0.39, 0.29) is 13.2 Å². The van der Waals surface area contributed by atoms with E-state index in [1.165, 1.54) is 7.11 Å². The third-order valence-electron chi connectivity index (χ3n) is 2.87. The van der Waals surface area contributed by atoms with E-state index in [9.17, 15) is 9.59 Å². The van der Waals surface area contributed by atoms with Crippen LogP contribution >= 0.6 is 0 Å². The summed E-state index contributed by atoms with van der Waals surface area (Å²) in [4.78, 5) is 23.0. The summed E-state index contributed by atoms with van der Waals surface area (Å²) in [5.41, 5.74) is 0.809. The molecule has 0 spiro atoms. The van der Waals surface area contributed by atoms with Gasteiger partial charge in [-0.3, -0.25) is 4.79 Å². The number of hydrogen-bond donors (Lipinski definition) is 3. The van der Waals surface area contributed by atoms with Crippen molar-refractivity contribution < 1.29 is 24.2 Å². The molecule has 0 fully saturated rings. The van der Waals surface area contributed by atoms with Crippen LogP contribution in [-0.2, 0) is 14.3 Å². The smallest absolute Gasteiger partial charge is 0.328 e. The van der Waals surface area contributed by atoms with Crippen LogP contribution in [0.25, 0.3) is 0 Å². The molecule has 7 nitrogen and oxygen atoms in total. The Morgan fingerprint density at radius 3 is 3.00 bits per heavy atom. The van der Waals surface area contributed by atoms with Crippen molar-refractivity contribution in [2.24, 2.45) is 0 Å². The van der Waals surface area contributed by atoms with Gasteiger partial charge in [0, 0.05) is 7.11 Å². The van der Waals surface area contributed by atoms with Crippen molar-refractivity contribution >= 4 is 17.6 Å². The van der Waals surface area contributed by atoms with Gasteiger partial charge in [-0.25, -0.2) is 4.79 Å². The molecular weight excluding hydrogens is 264 g/mol. The van der Waals surface area contributed by atoms with Crippen LogP contribution in [0.2, 0.25) is 0 Å². The van der Waals surface area contributed by atoms with Gasteiger partial charge in [-0.05, 0) is 12.1 Å². The summed E-state index contributed by atoms with van der Waals surface area (Å²) in [6, 6.07) is 6.15. The third-order valence-corrected chi connectivity index (χ3v) is 2.87. The first-order valence-corrected chi connectivity index (χ1v) is 6.13. The molecular formula is C13H16N2O5. The minimum absolute atomic E-state index is 0.0994. The second kappa shape index (κ2) is 6.25. The topological polar surface area (TPSA) is 96.9 Å². The van der Waals surface area contributed by atoms with Crippen molar-refractivity contribution in [3.8, 4) is 5.75 Å². The van der Waals surface area contributed by atoms with E-state index in [0.717, 1.165) is 5.69 Å². The molecule has 0 saturated carbocycles. The van der Waals surface area contributed by atoms with E-state index >= 15 is 0 Å². The number of carboxylic acid groups (broad SMARTS) is 1. The number of benzene rings is 1. The summed E-state index contributed by atoms with van der Waals surface area (Å²) in [5.74, 6) is -1.07. The molecule has 1 aliphatic heterocycles. The summed E-state index contributed by atoms with van der Waals surface area (Å²) >= 11 is 0. The van der Waals surface area contributed by atoms with Gasteiger partial charge >= 0.3 is 5.97 Å². The molecule has 2 unspecified atom stereocenters. The SMILES string of the molecule is COCC(NC(=O)C1CNc2ccccc2O1)C(=O)O. The molecule has 7 heteroatoms. The number of carboxylic acids is 1. The van der Waals surface area contributed by atoms with Crippen LogP contribution in [0.4, 0.5) is 5.69 Å². The lowest BCUT2D eigenvalue weighted by molar-refractivity contribution is -0.144. The van der Waals surface area contributed by atoms with Crippen LogP contribution < -0.4 is 15.4 Å². The Balaban J connectivity index is 1.99. The minimum Gasteiger partial charge on any atom is -0.480 e. The quantitative estimate of drug-likeness (QED) is 0.706. The zero-order valence-electron chi connectivity index (χ0n) is 11.0. The van der Waals surface area contributed by atoms with Gasteiger partial charge in [-0.15, -0.1) is 0 Å². The van der Waals surface area contributed by atoms with Crippen molar-refractivity contribution in [1.29, 1.82) is 0 Å². The molecule has 0 radical (unpaired) electrons. The van der Waals surface area contributed by atoms with Crippen molar-refractivity contribution in [1.82, 2.24) is 5.32 Å². The molecule has 3 N–H and O–H groups in total. The van der Waals surface area contributed by atoms with Crippen LogP contribution in [0.15, 0.2) is 24.3 Å². The lowest BCUT2D eigenvalue weighted by atomic mass is 10.2. The predicted molar refractivity (Wildman–Crippen MR) is 70.8 cm³/mol. The van der Waals surface area contributed by atoms with Crippen molar-refractivity contribution in [2.45, 2.75) is 12.1 Å². The molecule has 0 saturated heterocycles. The van der Waals surface area contributed by atoms with Crippen molar-refractivity contribution in [3.63, 3.8) is 0 Å². The maximum absolute atomic E-state index is 12.0. The Labute approximate surface area is 115 Å². The van der Waals surface area contributed by atoms with Crippen LogP contribution in [-0.4, -0.2) is 49.4 Å². The molecule has 0 aromatic heterocycles. The number of amides is 1. The predicted octanol–water partition coefficient (Wildman–Crippen LogP) is 0.0753. The van der Waals surface area contributed by atoms with E-state index < -0.39 is 24.0 Å². The van der Waals surface area contributed by atoms with E-state index in [1.807, 2.05) is 12.1 Å². The zero-order valence-corrected chi connectivity index (χ0v) is 11.0. The second-order valence-corrected chi connectivity index (χ2v) is 4.34. The molecule has 1 aromatic carbocycles. The molecule has 2 rings (SSSR count). The van der Waals surface area contributed by atoms with Crippen LogP contribution in [0, 0.1) is 0 Å². The average molecular weight is 280 g/mol. The number of ether oxygens (including phenoxy) is 2. The Bertz CT molecular complexity index is 505. The molecule has 1 aliphatic rings. The third kappa shape index (κ3) is 3.18. The lowest BCUT2D eigenvalue weighted by Crippen LogP contribution is -2.51. The number of nitrogens with one attached hydrogen (secondary N) is 2. The van der Waals surface area contributed by atoms with Gasteiger partial charge in [0.05, 0.1) is 18.8 Å². The highest BCUT2D eigenvalue weighted by molar-refractivity contribution is 5.87.